The van der Waals surface area contributed by atoms with E-state index in [9.17, 15) is 9.59 Å². The van der Waals surface area contributed by atoms with Gasteiger partial charge in [-0.2, -0.15) is 0 Å². The van der Waals surface area contributed by atoms with Crippen LogP contribution < -0.4 is 11.4 Å². The lowest BCUT2D eigenvalue weighted by atomic mass is 10.2. The average Bonchev–Trinajstić information content (AvgIpc) is 2.53. The number of nitrogens with zero attached hydrogens (tertiary/aromatic N) is 2. The quantitative estimate of drug-likeness (QED) is 0.852. The molecule has 1 heterocycles. The number of imidazole rings is 1. The van der Waals surface area contributed by atoms with E-state index in [1.165, 1.54) is 0 Å². The van der Waals surface area contributed by atoms with Crippen LogP contribution in [0.3, 0.4) is 0 Å². The Hall–Kier alpha value is -2.04. The second-order valence-corrected chi connectivity index (χ2v) is 4.10. The van der Waals surface area contributed by atoms with E-state index in [2.05, 4.69) is 0 Å². The van der Waals surface area contributed by atoms with E-state index >= 15 is 0 Å². The van der Waals surface area contributed by atoms with Crippen molar-refractivity contribution in [1.82, 2.24) is 9.13 Å². The third-order valence-corrected chi connectivity index (χ3v) is 2.75. The first-order valence-electron chi connectivity index (χ1n) is 5.58. The van der Waals surface area contributed by atoms with E-state index in [1.807, 2.05) is 26.0 Å². The minimum absolute atomic E-state index is 0.361. The van der Waals surface area contributed by atoms with E-state index in [0.29, 0.717) is 12.1 Å². The maximum absolute atomic E-state index is 12.1. The van der Waals surface area contributed by atoms with Crippen LogP contribution in [0.2, 0.25) is 0 Å². The van der Waals surface area contributed by atoms with Crippen molar-refractivity contribution in [3.8, 4) is 0 Å². The average molecular weight is 233 g/mol. The van der Waals surface area contributed by atoms with E-state index in [1.54, 1.807) is 10.6 Å². The molecule has 5 heteroatoms. The van der Waals surface area contributed by atoms with Gasteiger partial charge in [-0.05, 0) is 31.0 Å². The maximum atomic E-state index is 12.1. The first-order valence-corrected chi connectivity index (χ1v) is 5.58. The molecule has 90 valence electrons. The Labute approximate surface area is 98.4 Å². The molecule has 0 saturated carbocycles. The van der Waals surface area contributed by atoms with Crippen LogP contribution in [0.5, 0.6) is 0 Å². The lowest BCUT2D eigenvalue weighted by molar-refractivity contribution is 0.250. The van der Waals surface area contributed by atoms with Crippen LogP contribution in [0.1, 0.15) is 18.9 Å². The Bertz CT molecular complexity index is 637. The summed E-state index contributed by atoms with van der Waals surface area (Å²) >= 11 is 0. The summed E-state index contributed by atoms with van der Waals surface area (Å²) in [7, 11) is 0. The Morgan fingerprint density at radius 1 is 1.35 bits per heavy atom. The van der Waals surface area contributed by atoms with Crippen LogP contribution in [0.4, 0.5) is 4.79 Å². The third kappa shape index (κ3) is 1.73. The highest BCUT2D eigenvalue weighted by atomic mass is 16.2. The van der Waals surface area contributed by atoms with Gasteiger partial charge in [-0.25, -0.2) is 14.2 Å². The molecule has 0 aliphatic rings. The molecule has 5 nitrogen and oxygen atoms in total. The summed E-state index contributed by atoms with van der Waals surface area (Å²) in [6, 6.07) is 4.77. The summed E-state index contributed by atoms with van der Waals surface area (Å²) in [6.45, 7) is 4.51. The monoisotopic (exact) mass is 233 g/mol. The van der Waals surface area contributed by atoms with Gasteiger partial charge >= 0.3 is 11.7 Å². The number of amides is 1. The number of primary amides is 1. The molecule has 0 bridgehead atoms. The number of carbonyl (C=O) groups is 1. The van der Waals surface area contributed by atoms with E-state index in [-0.39, 0.29) is 5.69 Å². The standard InChI is InChI=1S/C12H15N3O2/c1-3-6-14-10-7-8(2)4-5-9(10)15(11(13)16)12(14)17/h4-5,7H,3,6H2,1-2H3,(H2,13,16). The van der Waals surface area contributed by atoms with Crippen LogP contribution in [0, 0.1) is 6.92 Å². The predicted molar refractivity (Wildman–Crippen MR) is 66.2 cm³/mol. The Morgan fingerprint density at radius 2 is 2.06 bits per heavy atom. The first kappa shape index (κ1) is 11.4. The molecule has 1 amide bonds. The van der Waals surface area contributed by atoms with Gasteiger partial charge < -0.3 is 5.73 Å². The number of fused-ring (bicyclic) bond motifs is 1. The van der Waals surface area contributed by atoms with Crippen LogP contribution in [-0.4, -0.2) is 15.2 Å². The van der Waals surface area contributed by atoms with Crippen molar-refractivity contribution >= 4 is 17.1 Å². The number of benzene rings is 1. The van der Waals surface area contributed by atoms with Crippen LogP contribution in [-0.2, 0) is 6.54 Å². The van der Waals surface area contributed by atoms with Crippen molar-refractivity contribution in [2.45, 2.75) is 26.8 Å². The zero-order valence-corrected chi connectivity index (χ0v) is 9.93. The Kier molecular flexibility index (Phi) is 2.75. The van der Waals surface area contributed by atoms with E-state index in [4.69, 9.17) is 5.73 Å². The summed E-state index contributed by atoms with van der Waals surface area (Å²) < 4.78 is 2.61. The van der Waals surface area contributed by atoms with Gasteiger partial charge in [0, 0.05) is 6.54 Å². The van der Waals surface area contributed by atoms with Crippen molar-refractivity contribution in [1.29, 1.82) is 0 Å². The molecule has 1 aromatic carbocycles. The second-order valence-electron chi connectivity index (χ2n) is 4.10. The molecule has 2 rings (SSSR count). The van der Waals surface area contributed by atoms with Crippen LogP contribution in [0.25, 0.3) is 11.0 Å². The van der Waals surface area contributed by atoms with Crippen molar-refractivity contribution < 1.29 is 4.79 Å². The summed E-state index contributed by atoms with van der Waals surface area (Å²) in [4.78, 5) is 23.4. The number of nitrogens with two attached hydrogens (primary N) is 1. The SMILES string of the molecule is CCCn1c(=O)n(C(N)=O)c2ccc(C)cc21. The fraction of sp³-hybridized carbons (Fsp3) is 0.333. The second kappa shape index (κ2) is 4.08. The molecule has 2 aromatic rings. The van der Waals surface area contributed by atoms with Crippen molar-refractivity contribution in [2.24, 2.45) is 5.73 Å². The zero-order chi connectivity index (χ0) is 12.6. The lowest BCUT2D eigenvalue weighted by Crippen LogP contribution is -2.32. The van der Waals surface area contributed by atoms with Gasteiger partial charge in [0.05, 0.1) is 11.0 Å². The zero-order valence-electron chi connectivity index (χ0n) is 9.93. The smallest absolute Gasteiger partial charge is 0.337 e. The number of aromatic nitrogens is 2. The molecule has 1 aromatic heterocycles. The Morgan fingerprint density at radius 3 is 2.65 bits per heavy atom. The van der Waals surface area contributed by atoms with Gasteiger partial charge in [-0.15, -0.1) is 0 Å². The van der Waals surface area contributed by atoms with Gasteiger partial charge in [0.25, 0.3) is 0 Å². The molecule has 0 atom stereocenters. The lowest BCUT2D eigenvalue weighted by Gasteiger charge is -2.00. The molecular weight excluding hydrogens is 218 g/mol. The van der Waals surface area contributed by atoms with Gasteiger partial charge in [0.1, 0.15) is 0 Å². The van der Waals surface area contributed by atoms with E-state index < -0.39 is 6.03 Å². The fourth-order valence-electron chi connectivity index (χ4n) is 2.02. The van der Waals surface area contributed by atoms with Crippen molar-refractivity contribution in [2.75, 3.05) is 0 Å². The number of hydrogen-bond donors (Lipinski definition) is 1. The molecule has 0 aliphatic carbocycles. The molecule has 2 N–H and O–H groups in total. The van der Waals surface area contributed by atoms with Gasteiger partial charge in [-0.3, -0.25) is 4.57 Å². The van der Waals surface area contributed by atoms with Gasteiger partial charge in [0.2, 0.25) is 0 Å². The Balaban J connectivity index is 2.88. The predicted octanol–water partition coefficient (Wildman–Crippen LogP) is 1.45. The molecule has 0 saturated heterocycles. The van der Waals surface area contributed by atoms with Gasteiger partial charge in [0.15, 0.2) is 0 Å². The maximum Gasteiger partial charge on any atom is 0.337 e. The summed E-state index contributed by atoms with van der Waals surface area (Å²) in [5, 5.41) is 0. The molecular formula is C12H15N3O2. The molecule has 0 unspecified atom stereocenters. The minimum atomic E-state index is -0.737. The van der Waals surface area contributed by atoms with Crippen LogP contribution in [0.15, 0.2) is 23.0 Å². The number of aryl methyl sites for hydroxylation is 2. The topological polar surface area (TPSA) is 70.0 Å². The number of carbonyl (C=O) groups excluding carboxylic acids is 1. The summed E-state index contributed by atoms with van der Waals surface area (Å²) in [5.74, 6) is 0. The molecule has 0 aliphatic heterocycles. The summed E-state index contributed by atoms with van der Waals surface area (Å²) in [6.07, 6.45) is 0.825. The molecule has 0 fully saturated rings. The highest BCUT2D eigenvalue weighted by molar-refractivity contribution is 5.88. The third-order valence-electron chi connectivity index (χ3n) is 2.75. The van der Waals surface area contributed by atoms with Crippen LogP contribution >= 0.6 is 0 Å². The molecule has 17 heavy (non-hydrogen) atoms. The van der Waals surface area contributed by atoms with Gasteiger partial charge in [-0.1, -0.05) is 13.0 Å². The largest absolute Gasteiger partial charge is 0.351 e. The first-order chi connectivity index (χ1) is 8.06. The number of hydrogen-bond acceptors (Lipinski definition) is 2. The molecule has 0 radical (unpaired) electrons. The highest BCUT2D eigenvalue weighted by Gasteiger charge is 2.15. The van der Waals surface area contributed by atoms with Crippen molar-refractivity contribution in [3.63, 3.8) is 0 Å². The summed E-state index contributed by atoms with van der Waals surface area (Å²) in [5.41, 5.74) is 7.25. The molecule has 0 spiro atoms. The minimum Gasteiger partial charge on any atom is -0.351 e. The fourth-order valence-corrected chi connectivity index (χ4v) is 2.02. The van der Waals surface area contributed by atoms with Crippen molar-refractivity contribution in [3.05, 3.63) is 34.2 Å². The number of rotatable bonds is 2. The highest BCUT2D eigenvalue weighted by Crippen LogP contribution is 2.15. The normalized spacial score (nSPS) is 10.9. The van der Waals surface area contributed by atoms with E-state index in [0.717, 1.165) is 22.1 Å².